The van der Waals surface area contributed by atoms with Crippen LogP contribution in [0.4, 0.5) is 0 Å². The van der Waals surface area contributed by atoms with Gasteiger partial charge in [0.1, 0.15) is 0 Å². The van der Waals surface area contributed by atoms with Gasteiger partial charge in [-0.15, -0.1) is 11.3 Å². The quantitative estimate of drug-likeness (QED) is 0.704. The van der Waals surface area contributed by atoms with Crippen molar-refractivity contribution in [1.82, 2.24) is 0 Å². The summed E-state index contributed by atoms with van der Waals surface area (Å²) >= 11 is 1.82. The molecule has 2 rings (SSSR count). The zero-order valence-corrected chi connectivity index (χ0v) is 9.52. The normalized spacial score (nSPS) is 28.7. The number of aliphatic hydroxyl groups is 1. The molecule has 0 radical (unpaired) electrons. The molecule has 0 bridgehead atoms. The van der Waals surface area contributed by atoms with Crippen LogP contribution in [0.3, 0.4) is 0 Å². The molecule has 1 nitrogen and oxygen atoms in total. The Morgan fingerprint density at radius 2 is 2.14 bits per heavy atom. The van der Waals surface area contributed by atoms with Crippen LogP contribution in [0.15, 0.2) is 11.4 Å². The SMILES string of the molecule is Cc1cc(C2CCCCC(O)C2)cs1. The first-order valence-electron chi connectivity index (χ1n) is 5.49. The summed E-state index contributed by atoms with van der Waals surface area (Å²) in [6.45, 7) is 2.15. The predicted molar refractivity (Wildman–Crippen MR) is 60.9 cm³/mol. The molecule has 1 aromatic rings. The Hall–Kier alpha value is -0.340. The second kappa shape index (κ2) is 4.45. The highest BCUT2D eigenvalue weighted by atomic mass is 32.1. The molecule has 1 aliphatic rings. The first kappa shape index (κ1) is 10.2. The molecule has 1 N–H and O–H groups in total. The van der Waals surface area contributed by atoms with Gasteiger partial charge in [-0.3, -0.25) is 0 Å². The number of hydrogen-bond acceptors (Lipinski definition) is 2. The van der Waals surface area contributed by atoms with Crippen molar-refractivity contribution in [2.75, 3.05) is 0 Å². The monoisotopic (exact) mass is 210 g/mol. The highest BCUT2D eigenvalue weighted by molar-refractivity contribution is 7.10. The van der Waals surface area contributed by atoms with Gasteiger partial charge in [0.2, 0.25) is 0 Å². The number of thiophene rings is 1. The van der Waals surface area contributed by atoms with Crippen molar-refractivity contribution in [2.24, 2.45) is 0 Å². The van der Waals surface area contributed by atoms with Gasteiger partial charge in [-0.2, -0.15) is 0 Å². The molecular formula is C12H18OS. The second-order valence-electron chi connectivity index (χ2n) is 4.36. The first-order chi connectivity index (χ1) is 6.75. The smallest absolute Gasteiger partial charge is 0.0546 e. The molecule has 0 amide bonds. The highest BCUT2D eigenvalue weighted by Crippen LogP contribution is 2.33. The van der Waals surface area contributed by atoms with Crippen molar-refractivity contribution in [2.45, 2.75) is 51.0 Å². The molecule has 1 aromatic heterocycles. The van der Waals surface area contributed by atoms with Crippen LogP contribution in [-0.4, -0.2) is 11.2 Å². The Morgan fingerprint density at radius 3 is 2.86 bits per heavy atom. The largest absolute Gasteiger partial charge is 0.393 e. The van der Waals surface area contributed by atoms with E-state index in [2.05, 4.69) is 18.4 Å². The number of aryl methyl sites for hydroxylation is 1. The van der Waals surface area contributed by atoms with Crippen LogP contribution in [0.1, 0.15) is 48.5 Å². The van der Waals surface area contributed by atoms with Crippen molar-refractivity contribution in [3.8, 4) is 0 Å². The Balaban J connectivity index is 2.08. The molecule has 0 aromatic carbocycles. The van der Waals surface area contributed by atoms with E-state index in [1.807, 2.05) is 11.3 Å². The highest BCUT2D eigenvalue weighted by Gasteiger charge is 2.20. The van der Waals surface area contributed by atoms with E-state index >= 15 is 0 Å². The van der Waals surface area contributed by atoms with Gasteiger partial charge < -0.3 is 5.11 Å². The van der Waals surface area contributed by atoms with E-state index < -0.39 is 0 Å². The van der Waals surface area contributed by atoms with Gasteiger partial charge in [0.25, 0.3) is 0 Å². The minimum Gasteiger partial charge on any atom is -0.393 e. The van der Waals surface area contributed by atoms with E-state index in [1.54, 1.807) is 0 Å². The van der Waals surface area contributed by atoms with Crippen molar-refractivity contribution >= 4 is 11.3 Å². The summed E-state index contributed by atoms with van der Waals surface area (Å²) in [5.41, 5.74) is 1.45. The number of aliphatic hydroxyl groups excluding tert-OH is 1. The summed E-state index contributed by atoms with van der Waals surface area (Å²) in [7, 11) is 0. The molecule has 1 fully saturated rings. The van der Waals surface area contributed by atoms with E-state index in [0.29, 0.717) is 5.92 Å². The molecule has 2 heteroatoms. The van der Waals surface area contributed by atoms with E-state index in [1.165, 1.54) is 29.7 Å². The summed E-state index contributed by atoms with van der Waals surface area (Å²) in [5.74, 6) is 0.609. The van der Waals surface area contributed by atoms with Crippen molar-refractivity contribution in [1.29, 1.82) is 0 Å². The average molecular weight is 210 g/mol. The Bertz CT molecular complexity index is 292. The molecule has 0 spiro atoms. The maximum atomic E-state index is 9.73. The zero-order valence-electron chi connectivity index (χ0n) is 8.70. The fourth-order valence-electron chi connectivity index (χ4n) is 2.32. The van der Waals surface area contributed by atoms with Gasteiger partial charge >= 0.3 is 0 Å². The summed E-state index contributed by atoms with van der Waals surface area (Å²) in [6.07, 6.45) is 5.63. The van der Waals surface area contributed by atoms with Crippen LogP contribution in [0.2, 0.25) is 0 Å². The number of hydrogen-bond donors (Lipinski definition) is 1. The van der Waals surface area contributed by atoms with Crippen LogP contribution in [-0.2, 0) is 0 Å². The van der Waals surface area contributed by atoms with Gasteiger partial charge in [-0.05, 0) is 49.1 Å². The third-order valence-electron chi connectivity index (χ3n) is 3.12. The molecule has 1 heterocycles. The summed E-state index contributed by atoms with van der Waals surface area (Å²) in [5, 5.41) is 12.0. The molecule has 0 saturated heterocycles. The maximum absolute atomic E-state index is 9.73. The van der Waals surface area contributed by atoms with Crippen molar-refractivity contribution in [3.05, 3.63) is 21.9 Å². The zero-order chi connectivity index (χ0) is 9.97. The standard InChI is InChI=1S/C12H18OS/c1-9-6-11(8-14-9)10-4-2-3-5-12(13)7-10/h6,8,10,12-13H,2-5,7H2,1H3. The minimum atomic E-state index is -0.0669. The average Bonchev–Trinajstić information content (AvgIpc) is 2.45. The third kappa shape index (κ3) is 2.37. The fraction of sp³-hybridized carbons (Fsp3) is 0.667. The summed E-state index contributed by atoms with van der Waals surface area (Å²) < 4.78 is 0. The summed E-state index contributed by atoms with van der Waals surface area (Å²) in [6, 6.07) is 2.29. The van der Waals surface area contributed by atoms with Crippen LogP contribution in [0.25, 0.3) is 0 Å². The Labute approximate surface area is 89.8 Å². The maximum Gasteiger partial charge on any atom is 0.0546 e. The lowest BCUT2D eigenvalue weighted by Gasteiger charge is -2.14. The van der Waals surface area contributed by atoms with Crippen LogP contribution in [0.5, 0.6) is 0 Å². The van der Waals surface area contributed by atoms with Gasteiger partial charge in [0, 0.05) is 4.88 Å². The molecule has 78 valence electrons. The molecule has 0 aliphatic heterocycles. The van der Waals surface area contributed by atoms with Gasteiger partial charge in [-0.1, -0.05) is 12.8 Å². The lowest BCUT2D eigenvalue weighted by molar-refractivity contribution is 0.152. The number of rotatable bonds is 1. The van der Waals surface area contributed by atoms with E-state index in [0.717, 1.165) is 12.8 Å². The molecule has 2 atom stereocenters. The predicted octanol–water partition coefficient (Wildman–Crippen LogP) is 3.47. The minimum absolute atomic E-state index is 0.0669. The molecule has 14 heavy (non-hydrogen) atoms. The molecule has 2 unspecified atom stereocenters. The lowest BCUT2D eigenvalue weighted by Crippen LogP contribution is -2.08. The Kier molecular flexibility index (Phi) is 3.24. The van der Waals surface area contributed by atoms with E-state index in [4.69, 9.17) is 0 Å². The van der Waals surface area contributed by atoms with Crippen LogP contribution in [0, 0.1) is 6.92 Å². The topological polar surface area (TPSA) is 20.2 Å². The van der Waals surface area contributed by atoms with E-state index in [-0.39, 0.29) is 6.10 Å². The molecular weight excluding hydrogens is 192 g/mol. The van der Waals surface area contributed by atoms with Gasteiger partial charge in [0.05, 0.1) is 6.10 Å². The first-order valence-corrected chi connectivity index (χ1v) is 6.37. The summed E-state index contributed by atoms with van der Waals surface area (Å²) in [4.78, 5) is 1.39. The van der Waals surface area contributed by atoms with Crippen molar-refractivity contribution in [3.63, 3.8) is 0 Å². The van der Waals surface area contributed by atoms with E-state index in [9.17, 15) is 5.11 Å². The molecule has 1 saturated carbocycles. The molecule has 1 aliphatic carbocycles. The van der Waals surface area contributed by atoms with Gasteiger partial charge in [-0.25, -0.2) is 0 Å². The lowest BCUT2D eigenvalue weighted by atomic mass is 9.93. The Morgan fingerprint density at radius 1 is 1.36 bits per heavy atom. The second-order valence-corrected chi connectivity index (χ2v) is 5.48. The van der Waals surface area contributed by atoms with Crippen LogP contribution >= 0.6 is 11.3 Å². The van der Waals surface area contributed by atoms with Crippen molar-refractivity contribution < 1.29 is 5.11 Å². The third-order valence-corrected chi connectivity index (χ3v) is 4.00. The van der Waals surface area contributed by atoms with Crippen LogP contribution < -0.4 is 0 Å². The fourth-order valence-corrected chi connectivity index (χ4v) is 3.10. The van der Waals surface area contributed by atoms with Gasteiger partial charge in [0.15, 0.2) is 0 Å².